The molecule has 1 rings (SSSR count). The van der Waals surface area contributed by atoms with Gasteiger partial charge in [-0.25, -0.2) is 4.79 Å². The van der Waals surface area contributed by atoms with Crippen LogP contribution >= 0.6 is 0 Å². The van der Waals surface area contributed by atoms with Crippen LogP contribution in [0.25, 0.3) is 0 Å². The number of carbonyl (C=O) groups is 3. The highest BCUT2D eigenvalue weighted by atomic mass is 16.6. The molecule has 0 saturated heterocycles. The van der Waals surface area contributed by atoms with E-state index in [9.17, 15) is 24.8 Å². The molecule has 3 N–H and O–H groups in total. The second kappa shape index (κ2) is 13.6. The van der Waals surface area contributed by atoms with Gasteiger partial charge in [-0.15, -0.1) is 0 Å². The van der Waals surface area contributed by atoms with Crippen LogP contribution in [0.1, 0.15) is 78.0 Å². The fourth-order valence-corrected chi connectivity index (χ4v) is 3.54. The van der Waals surface area contributed by atoms with Gasteiger partial charge in [0.15, 0.2) is 0 Å². The average Bonchev–Trinajstić information content (AvgIpc) is 2.75. The van der Waals surface area contributed by atoms with E-state index >= 15 is 0 Å². The van der Waals surface area contributed by atoms with Gasteiger partial charge in [-0.3, -0.25) is 9.59 Å². The zero-order chi connectivity index (χ0) is 26.8. The number of carbonyl (C=O) groups excluding carboxylic acids is 3. The van der Waals surface area contributed by atoms with Crippen molar-refractivity contribution in [3.05, 3.63) is 29.3 Å². The van der Waals surface area contributed by atoms with Crippen LogP contribution in [0, 0.1) is 24.2 Å². The van der Waals surface area contributed by atoms with Gasteiger partial charge in [-0.05, 0) is 45.6 Å². The Morgan fingerprint density at radius 1 is 1.20 bits per heavy atom. The quantitative estimate of drug-likeness (QED) is 0.319. The molecular weight excluding hydrogens is 448 g/mol. The first kappa shape index (κ1) is 29.8. The highest BCUT2D eigenvalue weighted by Gasteiger charge is 2.38. The van der Waals surface area contributed by atoms with Crippen LogP contribution < -0.4 is 10.6 Å². The van der Waals surface area contributed by atoms with E-state index in [4.69, 9.17) is 4.74 Å². The van der Waals surface area contributed by atoms with Gasteiger partial charge in [0.1, 0.15) is 30.0 Å². The third-order valence-corrected chi connectivity index (χ3v) is 5.33. The lowest BCUT2D eigenvalue weighted by Gasteiger charge is -2.34. The van der Waals surface area contributed by atoms with Gasteiger partial charge in [0.2, 0.25) is 11.8 Å². The first-order valence-corrected chi connectivity index (χ1v) is 12.1. The van der Waals surface area contributed by atoms with Gasteiger partial charge in [0.25, 0.3) is 0 Å². The minimum atomic E-state index is -1.26. The minimum Gasteiger partial charge on any atom is -0.507 e. The van der Waals surface area contributed by atoms with E-state index in [1.807, 2.05) is 13.0 Å². The minimum absolute atomic E-state index is 0.127. The summed E-state index contributed by atoms with van der Waals surface area (Å²) in [6.45, 7) is 12.3. The zero-order valence-corrected chi connectivity index (χ0v) is 22.0. The van der Waals surface area contributed by atoms with E-state index in [2.05, 4.69) is 10.6 Å². The van der Waals surface area contributed by atoms with E-state index in [-0.39, 0.29) is 17.2 Å². The molecule has 1 aromatic carbocycles. The number of hydrogen-bond acceptors (Lipinski definition) is 6. The van der Waals surface area contributed by atoms with Crippen LogP contribution in [-0.4, -0.2) is 52.6 Å². The fraction of sp³-hybridized carbons (Fsp3) is 0.615. The summed E-state index contributed by atoms with van der Waals surface area (Å²) in [6, 6.07) is 4.56. The number of phenolic OH excluding ortho intramolecular Hbond substituents is 1. The van der Waals surface area contributed by atoms with Crippen LogP contribution in [-0.2, 0) is 14.3 Å². The van der Waals surface area contributed by atoms with Crippen LogP contribution in [0.15, 0.2) is 18.2 Å². The van der Waals surface area contributed by atoms with Gasteiger partial charge >= 0.3 is 6.09 Å². The maximum absolute atomic E-state index is 13.7. The molecule has 3 amide bonds. The Morgan fingerprint density at radius 3 is 2.40 bits per heavy atom. The number of nitrogens with zero attached hydrogens (tertiary/aromatic N) is 2. The number of benzene rings is 1. The molecule has 0 aliphatic rings. The van der Waals surface area contributed by atoms with Gasteiger partial charge in [0, 0.05) is 12.1 Å². The Labute approximate surface area is 208 Å². The molecule has 0 aliphatic heterocycles. The third-order valence-electron chi connectivity index (χ3n) is 5.33. The summed E-state index contributed by atoms with van der Waals surface area (Å²) in [5.74, 6) is -1.62. The van der Waals surface area contributed by atoms with E-state index < -0.39 is 42.1 Å². The number of nitriles is 1. The van der Waals surface area contributed by atoms with Crippen molar-refractivity contribution in [3.8, 4) is 11.8 Å². The Hall–Kier alpha value is -3.28. The smallest absolute Gasteiger partial charge is 0.408 e. The predicted molar refractivity (Wildman–Crippen MR) is 133 cm³/mol. The van der Waals surface area contributed by atoms with Crippen molar-refractivity contribution in [1.29, 1.82) is 5.26 Å². The molecule has 0 bridgehead atoms. The number of aryl methyl sites for hydroxylation is 1. The number of hydrogen-bond donors (Lipinski definition) is 3. The molecule has 0 saturated carbocycles. The number of rotatable bonds is 11. The molecule has 9 nitrogen and oxygen atoms in total. The number of amides is 3. The molecule has 0 radical (unpaired) electrons. The van der Waals surface area contributed by atoms with E-state index in [0.717, 1.165) is 24.2 Å². The monoisotopic (exact) mass is 488 g/mol. The summed E-state index contributed by atoms with van der Waals surface area (Å²) >= 11 is 0. The van der Waals surface area contributed by atoms with Crippen LogP contribution in [0.5, 0.6) is 5.75 Å². The predicted octanol–water partition coefficient (Wildman–Crippen LogP) is 3.95. The lowest BCUT2D eigenvalue weighted by atomic mass is 9.97. The standard InChI is InChI=1S/C26H40N4O5/c1-8-9-10-15-28-23(32)21(19-13-11-12-18(4)22(19)31)30(16-14-27)24(33)20(17(2)3)29-25(34)35-26(5,6)7/h11-13,17,20-21,31H,8-10,15-16H2,1-7H3,(H,28,32)(H,29,34). The summed E-state index contributed by atoms with van der Waals surface area (Å²) in [6.07, 6.45) is 1.89. The number of unbranched alkanes of at least 4 members (excludes halogenated alkanes) is 2. The molecule has 0 fully saturated rings. The highest BCUT2D eigenvalue weighted by molar-refractivity contribution is 5.92. The van der Waals surface area contributed by atoms with E-state index in [1.54, 1.807) is 59.7 Å². The molecule has 1 aromatic rings. The summed E-state index contributed by atoms with van der Waals surface area (Å²) in [7, 11) is 0. The van der Waals surface area contributed by atoms with Crippen molar-refractivity contribution in [2.75, 3.05) is 13.1 Å². The lowest BCUT2D eigenvalue weighted by Crippen LogP contribution is -2.55. The third kappa shape index (κ3) is 9.12. The first-order valence-electron chi connectivity index (χ1n) is 12.1. The topological polar surface area (TPSA) is 132 Å². The number of nitrogens with one attached hydrogen (secondary N) is 2. The van der Waals surface area contributed by atoms with Crippen LogP contribution in [0.3, 0.4) is 0 Å². The largest absolute Gasteiger partial charge is 0.507 e. The van der Waals surface area contributed by atoms with E-state index in [0.29, 0.717) is 12.1 Å². The van der Waals surface area contributed by atoms with E-state index in [1.165, 1.54) is 0 Å². The summed E-state index contributed by atoms with van der Waals surface area (Å²) in [5.41, 5.74) is -0.0285. The molecule has 194 valence electrons. The summed E-state index contributed by atoms with van der Waals surface area (Å²) in [5, 5.41) is 25.7. The van der Waals surface area contributed by atoms with Crippen LogP contribution in [0.4, 0.5) is 4.79 Å². The molecule has 0 heterocycles. The van der Waals surface area contributed by atoms with Crippen molar-refractivity contribution >= 4 is 17.9 Å². The van der Waals surface area contributed by atoms with Gasteiger partial charge < -0.3 is 25.4 Å². The molecule has 0 aromatic heterocycles. The zero-order valence-electron chi connectivity index (χ0n) is 22.0. The van der Waals surface area contributed by atoms with Gasteiger partial charge in [-0.1, -0.05) is 51.8 Å². The maximum atomic E-state index is 13.7. The number of alkyl carbamates (subject to hydrolysis) is 1. The molecule has 0 spiro atoms. The van der Waals surface area contributed by atoms with Crippen LogP contribution in [0.2, 0.25) is 0 Å². The normalized spacial score (nSPS) is 12.9. The number of para-hydroxylation sites is 1. The summed E-state index contributed by atoms with van der Waals surface area (Å²) < 4.78 is 5.31. The van der Waals surface area contributed by atoms with Gasteiger partial charge in [-0.2, -0.15) is 5.26 Å². The maximum Gasteiger partial charge on any atom is 0.408 e. The van der Waals surface area contributed by atoms with Crippen molar-refractivity contribution < 1.29 is 24.2 Å². The number of phenols is 1. The molecule has 0 aliphatic carbocycles. The SMILES string of the molecule is CCCCCNC(=O)C(c1cccc(C)c1O)N(CC#N)C(=O)C(NC(=O)OC(C)(C)C)C(C)C. The Balaban J connectivity index is 3.43. The Bertz CT molecular complexity index is 917. The average molecular weight is 489 g/mol. The highest BCUT2D eigenvalue weighted by Crippen LogP contribution is 2.32. The number of ether oxygens (including phenoxy) is 1. The molecule has 2 atom stereocenters. The lowest BCUT2D eigenvalue weighted by molar-refractivity contribution is -0.142. The second-order valence-electron chi connectivity index (χ2n) is 9.91. The molecule has 9 heteroatoms. The second-order valence-corrected chi connectivity index (χ2v) is 9.91. The van der Waals surface area contributed by atoms with Crippen molar-refractivity contribution in [3.63, 3.8) is 0 Å². The first-order chi connectivity index (χ1) is 16.3. The molecular formula is C26H40N4O5. The van der Waals surface area contributed by atoms with Crippen molar-refractivity contribution in [1.82, 2.24) is 15.5 Å². The molecule has 35 heavy (non-hydrogen) atoms. The Morgan fingerprint density at radius 2 is 1.86 bits per heavy atom. The Kier molecular flexibility index (Phi) is 11.5. The fourth-order valence-electron chi connectivity index (χ4n) is 3.54. The molecule has 2 unspecified atom stereocenters. The van der Waals surface area contributed by atoms with Gasteiger partial charge in [0.05, 0.1) is 6.07 Å². The number of aromatic hydroxyl groups is 1. The van der Waals surface area contributed by atoms with Crippen molar-refractivity contribution in [2.24, 2.45) is 5.92 Å². The summed E-state index contributed by atoms with van der Waals surface area (Å²) in [4.78, 5) is 40.6. The van der Waals surface area contributed by atoms with Crippen molar-refractivity contribution in [2.45, 2.75) is 85.4 Å².